The molecule has 2 radical (unpaired) electrons. The van der Waals surface area contributed by atoms with E-state index in [1.165, 1.54) is 44.5 Å². The minimum Gasteiger partial charge on any atom is -0.439 e. The van der Waals surface area contributed by atoms with Crippen molar-refractivity contribution in [1.29, 1.82) is 0 Å². The summed E-state index contributed by atoms with van der Waals surface area (Å²) in [6.45, 7) is 0.667. The van der Waals surface area contributed by atoms with Crippen LogP contribution < -0.4 is 0 Å². The topological polar surface area (TPSA) is 35.6 Å². The number of hydrogen-bond donors (Lipinski definition) is 0. The summed E-state index contributed by atoms with van der Waals surface area (Å²) in [5, 5.41) is 0. The molecule has 0 N–H and O–H groups in total. The van der Waals surface area contributed by atoms with Gasteiger partial charge in [-0.05, 0) is 57.3 Å². The molecule has 2 heterocycles. The van der Waals surface area contributed by atoms with Crippen molar-refractivity contribution >= 4 is 0 Å². The van der Waals surface area contributed by atoms with E-state index in [4.69, 9.17) is 12.8 Å². The van der Waals surface area contributed by atoms with Gasteiger partial charge in [-0.25, -0.2) is 0 Å². The number of rotatable bonds is 2. The SMILES string of the molecule is [Au].[Au].[C-]#Cc1ccc2c(c1)-c1ccccc1C2.[C-]#Cc1ccc2c(c1)-c1ccccc1C2.[c-]1nccn1Cn1[c-]ncc1. The molecule has 6 aromatic rings. The Morgan fingerprint density at radius 3 is 1.40 bits per heavy atom. The maximum atomic E-state index is 7.14. The zero-order valence-corrected chi connectivity index (χ0v) is 27.2. The van der Waals surface area contributed by atoms with Gasteiger partial charge >= 0.3 is 0 Å². The molecule has 0 spiro atoms. The van der Waals surface area contributed by atoms with Gasteiger partial charge in [0.1, 0.15) is 0 Å². The number of imidazole rings is 2. The molecule has 4 nitrogen and oxygen atoms in total. The first-order valence-electron chi connectivity index (χ1n) is 13.3. The predicted octanol–water partition coefficient (Wildman–Crippen LogP) is 6.57. The van der Waals surface area contributed by atoms with Crippen LogP contribution in [0.3, 0.4) is 0 Å². The van der Waals surface area contributed by atoms with Crippen LogP contribution in [0.5, 0.6) is 0 Å². The van der Waals surface area contributed by atoms with E-state index in [2.05, 4.69) is 95.1 Å². The van der Waals surface area contributed by atoms with Crippen LogP contribution in [-0.2, 0) is 64.3 Å². The van der Waals surface area contributed by atoms with E-state index in [0.717, 1.165) is 24.0 Å². The predicted molar refractivity (Wildman–Crippen MR) is 159 cm³/mol. The first-order valence-corrected chi connectivity index (χ1v) is 13.3. The molecule has 0 amide bonds. The molecule has 0 unspecified atom stereocenters. The Bertz CT molecular complexity index is 1750. The summed E-state index contributed by atoms with van der Waals surface area (Å²) in [5.74, 6) is 4.87. The molecule has 0 bridgehead atoms. The van der Waals surface area contributed by atoms with Crippen LogP contribution in [0.1, 0.15) is 33.4 Å². The minimum absolute atomic E-state index is 0. The monoisotopic (exact) mass is 918 g/mol. The van der Waals surface area contributed by atoms with Gasteiger partial charge in [0.05, 0.1) is 6.67 Å². The summed E-state index contributed by atoms with van der Waals surface area (Å²) in [6.07, 6.45) is 28.9. The summed E-state index contributed by atoms with van der Waals surface area (Å²) in [7, 11) is 0. The molecule has 0 aliphatic heterocycles. The third kappa shape index (κ3) is 7.28. The molecule has 0 saturated heterocycles. The molecule has 218 valence electrons. The van der Waals surface area contributed by atoms with Crippen LogP contribution >= 0.6 is 0 Å². The molecule has 0 atom stereocenters. The molecule has 6 heteroatoms. The Balaban J connectivity index is 0.000000146. The normalized spacial score (nSPS) is 10.7. The van der Waals surface area contributed by atoms with Gasteiger partial charge in [-0.3, -0.25) is 11.8 Å². The van der Waals surface area contributed by atoms with Gasteiger partial charge in [0.15, 0.2) is 0 Å². The van der Waals surface area contributed by atoms with E-state index in [1.807, 2.05) is 45.8 Å². The van der Waals surface area contributed by atoms with Crippen molar-refractivity contribution in [3.8, 4) is 34.1 Å². The molecule has 0 saturated carbocycles. The Kier molecular flexibility index (Phi) is 11.0. The average molecular weight is 919 g/mol. The summed E-state index contributed by atoms with van der Waals surface area (Å²) >= 11 is 0. The van der Waals surface area contributed by atoms with Gasteiger partial charge < -0.3 is 31.9 Å². The third-order valence-electron chi connectivity index (χ3n) is 7.20. The first-order chi connectivity index (χ1) is 20.2. The van der Waals surface area contributed by atoms with Crippen LogP contribution in [-0.4, -0.2) is 19.1 Å². The first kappa shape index (κ1) is 31.8. The Morgan fingerprint density at radius 1 is 0.581 bits per heavy atom. The van der Waals surface area contributed by atoms with Gasteiger partial charge in [0, 0.05) is 57.4 Å². The van der Waals surface area contributed by atoms with Crippen molar-refractivity contribution in [2.45, 2.75) is 19.5 Å². The zero-order chi connectivity index (χ0) is 28.0. The molecule has 8 rings (SSSR count). The maximum Gasteiger partial charge on any atom is 0.0554 e. The quantitative estimate of drug-likeness (QED) is 0.112. The van der Waals surface area contributed by atoms with Crippen molar-refractivity contribution in [1.82, 2.24) is 19.1 Å². The number of benzene rings is 4. The molecule has 2 aliphatic carbocycles. The summed E-state index contributed by atoms with van der Waals surface area (Å²) in [6, 6.07) is 29.1. The summed E-state index contributed by atoms with van der Waals surface area (Å²) in [5.41, 5.74) is 12.3. The van der Waals surface area contributed by atoms with Crippen molar-refractivity contribution in [2.75, 3.05) is 0 Å². The molecular weight excluding hydrogens is 894 g/mol. The van der Waals surface area contributed by atoms with Crippen molar-refractivity contribution in [3.63, 3.8) is 0 Å². The second-order valence-electron chi connectivity index (χ2n) is 9.80. The smallest absolute Gasteiger partial charge is 0.0554 e. The fourth-order valence-corrected chi connectivity index (χ4v) is 5.23. The summed E-state index contributed by atoms with van der Waals surface area (Å²) < 4.78 is 3.64. The minimum atomic E-state index is 0. The van der Waals surface area contributed by atoms with Gasteiger partial charge in [0.25, 0.3) is 0 Å². The van der Waals surface area contributed by atoms with Crippen LogP contribution in [0.4, 0.5) is 0 Å². The van der Waals surface area contributed by atoms with E-state index in [1.54, 1.807) is 12.4 Å². The van der Waals surface area contributed by atoms with E-state index in [0.29, 0.717) is 6.67 Å². The van der Waals surface area contributed by atoms with E-state index >= 15 is 0 Å². The van der Waals surface area contributed by atoms with Crippen molar-refractivity contribution < 1.29 is 44.8 Å². The zero-order valence-electron chi connectivity index (χ0n) is 22.9. The van der Waals surface area contributed by atoms with Gasteiger partial charge in [-0.15, -0.1) is 60.2 Å². The fourth-order valence-electron chi connectivity index (χ4n) is 5.23. The Hall–Kier alpha value is -4.10. The standard InChI is InChI=1S/2C15H9.C7H6N4.2Au/c2*1-2-11-7-8-13-10-12-5-3-4-6-14(12)15(13)9-11;1-3-10(5-8-1)7-11-4-2-9-6-11;;/h2*3-9H,10H2;1-4H,7H2;;/q2*-1;-2;;. The molecule has 2 aliphatic rings. The van der Waals surface area contributed by atoms with E-state index in [-0.39, 0.29) is 44.8 Å². The van der Waals surface area contributed by atoms with Crippen molar-refractivity contribution in [3.05, 3.63) is 169 Å². The number of hydrogen-bond acceptors (Lipinski definition) is 2. The summed E-state index contributed by atoms with van der Waals surface area (Å²) in [4.78, 5) is 7.59. The van der Waals surface area contributed by atoms with Crippen LogP contribution in [0.25, 0.3) is 22.3 Å². The fraction of sp³-hybridized carbons (Fsp3) is 0.0811. The van der Waals surface area contributed by atoms with Crippen LogP contribution in [0.15, 0.2) is 110 Å². The van der Waals surface area contributed by atoms with Crippen LogP contribution in [0, 0.1) is 37.3 Å². The molecule has 4 aromatic carbocycles. The maximum absolute atomic E-state index is 7.14. The Morgan fingerprint density at radius 2 is 1.00 bits per heavy atom. The van der Waals surface area contributed by atoms with E-state index in [9.17, 15) is 0 Å². The molecule has 2 aromatic heterocycles. The van der Waals surface area contributed by atoms with E-state index < -0.39 is 0 Å². The third-order valence-corrected chi connectivity index (χ3v) is 7.20. The number of fused-ring (bicyclic) bond motifs is 6. The second kappa shape index (κ2) is 14.9. The van der Waals surface area contributed by atoms with Gasteiger partial charge in [-0.1, -0.05) is 60.7 Å². The Labute approximate surface area is 284 Å². The molecule has 43 heavy (non-hydrogen) atoms. The van der Waals surface area contributed by atoms with Gasteiger partial charge in [0.2, 0.25) is 0 Å². The second-order valence-corrected chi connectivity index (χ2v) is 9.80. The average Bonchev–Trinajstić information content (AvgIpc) is 3.84. The largest absolute Gasteiger partial charge is 0.439 e. The van der Waals surface area contributed by atoms with Crippen LogP contribution in [0.2, 0.25) is 0 Å². The molecule has 0 fully saturated rings. The van der Waals surface area contributed by atoms with Crippen molar-refractivity contribution in [2.24, 2.45) is 0 Å². The molecular formula is C37H24Au2N4-4. The van der Waals surface area contributed by atoms with Gasteiger partial charge in [-0.2, -0.15) is 0 Å². The number of aromatic nitrogens is 4. The number of nitrogens with zero attached hydrogens (tertiary/aromatic N) is 4.